The van der Waals surface area contributed by atoms with E-state index in [-0.39, 0.29) is 6.61 Å². The van der Waals surface area contributed by atoms with E-state index in [2.05, 4.69) is 0 Å². The molecule has 0 bridgehead atoms. The molecule has 1 fully saturated rings. The van der Waals surface area contributed by atoms with E-state index in [0.29, 0.717) is 0 Å². The molecular formula is C19H22O7. The van der Waals surface area contributed by atoms with Gasteiger partial charge < -0.3 is 29.5 Å². The standard InChI is InChI=1S/C19H22O7/c1-10(18(23)26-19-17(22)16(21)15(20)9-25-19)11-3-4-13-8-14(24-2)6-5-12(13)7-11/h3-8,10,15-17,19-22H,9H2,1-2H3/t10?,15-,16+,17-,19?/m1/s1. The molecule has 5 atom stereocenters. The minimum absolute atomic E-state index is 0.220. The molecule has 0 radical (unpaired) electrons. The van der Waals surface area contributed by atoms with Crippen LogP contribution in [0.2, 0.25) is 0 Å². The van der Waals surface area contributed by atoms with E-state index in [1.165, 1.54) is 0 Å². The minimum atomic E-state index is -1.50. The van der Waals surface area contributed by atoms with Gasteiger partial charge in [-0.1, -0.05) is 24.3 Å². The summed E-state index contributed by atoms with van der Waals surface area (Å²) in [5, 5.41) is 30.9. The topological polar surface area (TPSA) is 105 Å². The first-order chi connectivity index (χ1) is 12.4. The molecule has 0 amide bonds. The van der Waals surface area contributed by atoms with Crippen LogP contribution in [-0.2, 0) is 14.3 Å². The molecule has 0 spiro atoms. The number of methoxy groups -OCH3 is 1. The predicted octanol–water partition coefficient (Wildman–Crippen LogP) is 0.934. The van der Waals surface area contributed by atoms with Crippen LogP contribution in [0, 0.1) is 0 Å². The second-order valence-electron chi connectivity index (χ2n) is 6.38. The van der Waals surface area contributed by atoms with Crippen molar-refractivity contribution >= 4 is 16.7 Å². The van der Waals surface area contributed by atoms with Crippen molar-refractivity contribution in [2.45, 2.75) is 37.4 Å². The molecule has 0 aromatic heterocycles. The molecule has 140 valence electrons. The van der Waals surface area contributed by atoms with Gasteiger partial charge in [-0.15, -0.1) is 0 Å². The molecule has 1 aliphatic heterocycles. The monoisotopic (exact) mass is 362 g/mol. The highest BCUT2D eigenvalue weighted by molar-refractivity contribution is 5.86. The van der Waals surface area contributed by atoms with Crippen LogP contribution >= 0.6 is 0 Å². The maximum atomic E-state index is 12.4. The van der Waals surface area contributed by atoms with Crippen molar-refractivity contribution in [3.05, 3.63) is 42.0 Å². The van der Waals surface area contributed by atoms with Crippen LogP contribution in [-0.4, -0.2) is 59.6 Å². The lowest BCUT2D eigenvalue weighted by Crippen LogP contribution is -2.54. The van der Waals surface area contributed by atoms with E-state index >= 15 is 0 Å². The third-order valence-corrected chi connectivity index (χ3v) is 4.61. The molecule has 3 N–H and O–H groups in total. The molecule has 1 saturated heterocycles. The predicted molar refractivity (Wildman–Crippen MR) is 92.8 cm³/mol. The second kappa shape index (κ2) is 7.59. The molecule has 1 aliphatic rings. The lowest BCUT2D eigenvalue weighted by molar-refractivity contribution is -0.263. The van der Waals surface area contributed by atoms with Crippen LogP contribution in [0.25, 0.3) is 10.8 Å². The highest BCUT2D eigenvalue weighted by Gasteiger charge is 2.40. The molecule has 2 aromatic rings. The third-order valence-electron chi connectivity index (χ3n) is 4.61. The van der Waals surface area contributed by atoms with Crippen molar-refractivity contribution in [2.24, 2.45) is 0 Å². The van der Waals surface area contributed by atoms with Gasteiger partial charge in [0.2, 0.25) is 6.29 Å². The molecule has 7 heteroatoms. The van der Waals surface area contributed by atoms with Crippen LogP contribution in [0.5, 0.6) is 5.75 Å². The number of esters is 1. The van der Waals surface area contributed by atoms with E-state index in [1.807, 2.05) is 36.4 Å². The van der Waals surface area contributed by atoms with Gasteiger partial charge in [0.25, 0.3) is 0 Å². The van der Waals surface area contributed by atoms with Crippen LogP contribution in [0.1, 0.15) is 18.4 Å². The molecule has 1 heterocycles. The Morgan fingerprint density at radius 2 is 1.81 bits per heavy atom. The summed E-state index contributed by atoms with van der Waals surface area (Å²) in [6.45, 7) is 1.47. The number of aliphatic hydroxyl groups is 3. The van der Waals surface area contributed by atoms with Crippen LogP contribution in [0.3, 0.4) is 0 Å². The van der Waals surface area contributed by atoms with Gasteiger partial charge in [0.1, 0.15) is 24.1 Å². The lowest BCUT2D eigenvalue weighted by Gasteiger charge is -2.34. The van der Waals surface area contributed by atoms with Gasteiger partial charge in [-0.25, -0.2) is 0 Å². The van der Waals surface area contributed by atoms with Gasteiger partial charge in [-0.3, -0.25) is 4.79 Å². The van der Waals surface area contributed by atoms with E-state index in [4.69, 9.17) is 14.2 Å². The Labute approximate surface area is 150 Å². The Kier molecular flexibility index (Phi) is 5.43. The quantitative estimate of drug-likeness (QED) is 0.695. The number of carbonyl (C=O) groups excluding carboxylic acids is 1. The summed E-state index contributed by atoms with van der Waals surface area (Å²) in [6.07, 6.45) is -5.45. The fourth-order valence-electron chi connectivity index (χ4n) is 2.87. The van der Waals surface area contributed by atoms with Crippen LogP contribution in [0.4, 0.5) is 0 Å². The Morgan fingerprint density at radius 1 is 1.12 bits per heavy atom. The van der Waals surface area contributed by atoms with Crippen molar-refractivity contribution in [1.82, 2.24) is 0 Å². The number of rotatable bonds is 4. The summed E-state index contributed by atoms with van der Waals surface area (Å²) in [5.41, 5.74) is 0.749. The average Bonchev–Trinajstić information content (AvgIpc) is 2.66. The van der Waals surface area contributed by atoms with Gasteiger partial charge >= 0.3 is 5.97 Å². The van der Waals surface area contributed by atoms with Gasteiger partial charge in [0.15, 0.2) is 0 Å². The second-order valence-corrected chi connectivity index (χ2v) is 6.38. The van der Waals surface area contributed by atoms with Gasteiger partial charge in [0.05, 0.1) is 19.6 Å². The van der Waals surface area contributed by atoms with Crippen LogP contribution < -0.4 is 4.74 Å². The number of benzene rings is 2. The summed E-state index contributed by atoms with van der Waals surface area (Å²) in [7, 11) is 1.60. The maximum Gasteiger partial charge on any atom is 0.315 e. The SMILES string of the molecule is COc1ccc2cc(C(C)C(=O)OC3OC[C@@H](O)[C@H](O)[C@H]3O)ccc2c1. The van der Waals surface area contributed by atoms with Gasteiger partial charge in [-0.05, 0) is 35.4 Å². The lowest BCUT2D eigenvalue weighted by atomic mass is 9.97. The fourth-order valence-corrected chi connectivity index (χ4v) is 2.87. The van der Waals surface area contributed by atoms with Crippen molar-refractivity contribution in [1.29, 1.82) is 0 Å². The van der Waals surface area contributed by atoms with Crippen molar-refractivity contribution in [2.75, 3.05) is 13.7 Å². The molecule has 3 rings (SSSR count). The zero-order valence-corrected chi connectivity index (χ0v) is 14.5. The maximum absolute atomic E-state index is 12.4. The van der Waals surface area contributed by atoms with Gasteiger partial charge in [-0.2, -0.15) is 0 Å². The summed E-state index contributed by atoms with van der Waals surface area (Å²) in [4.78, 5) is 12.4. The number of hydrogen-bond acceptors (Lipinski definition) is 7. The number of hydrogen-bond donors (Lipinski definition) is 3. The van der Waals surface area contributed by atoms with Crippen molar-refractivity contribution in [3.63, 3.8) is 0 Å². The number of aliphatic hydroxyl groups excluding tert-OH is 3. The highest BCUT2D eigenvalue weighted by Crippen LogP contribution is 2.27. The first kappa shape index (κ1) is 18.6. The number of ether oxygens (including phenoxy) is 3. The highest BCUT2D eigenvalue weighted by atomic mass is 16.7. The first-order valence-electron chi connectivity index (χ1n) is 8.34. The third kappa shape index (κ3) is 3.66. The molecular weight excluding hydrogens is 340 g/mol. The summed E-state index contributed by atoms with van der Waals surface area (Å²) >= 11 is 0. The minimum Gasteiger partial charge on any atom is -0.497 e. The van der Waals surface area contributed by atoms with E-state index in [0.717, 1.165) is 22.1 Å². The van der Waals surface area contributed by atoms with Crippen molar-refractivity contribution < 1.29 is 34.3 Å². The zero-order chi connectivity index (χ0) is 18.8. The van der Waals surface area contributed by atoms with E-state index in [9.17, 15) is 20.1 Å². The zero-order valence-electron chi connectivity index (χ0n) is 14.5. The number of fused-ring (bicyclic) bond motifs is 1. The Morgan fingerprint density at radius 3 is 2.54 bits per heavy atom. The Bertz CT molecular complexity index is 791. The first-order valence-corrected chi connectivity index (χ1v) is 8.34. The molecule has 2 unspecified atom stereocenters. The molecule has 7 nitrogen and oxygen atoms in total. The molecule has 0 aliphatic carbocycles. The summed E-state index contributed by atoms with van der Waals surface area (Å²) < 4.78 is 15.5. The molecule has 0 saturated carbocycles. The average molecular weight is 362 g/mol. The molecule has 2 aromatic carbocycles. The number of carbonyl (C=O) groups is 1. The van der Waals surface area contributed by atoms with E-state index in [1.54, 1.807) is 14.0 Å². The Balaban J connectivity index is 1.73. The van der Waals surface area contributed by atoms with Crippen molar-refractivity contribution in [3.8, 4) is 5.75 Å². The Hall–Kier alpha value is -2.19. The van der Waals surface area contributed by atoms with Crippen LogP contribution in [0.15, 0.2) is 36.4 Å². The van der Waals surface area contributed by atoms with E-state index < -0.39 is 36.5 Å². The smallest absolute Gasteiger partial charge is 0.315 e. The fraction of sp³-hybridized carbons (Fsp3) is 0.421. The normalized spacial score (nSPS) is 27.1. The summed E-state index contributed by atoms with van der Waals surface area (Å²) in [5.74, 6) is -0.436. The summed E-state index contributed by atoms with van der Waals surface area (Å²) in [6, 6.07) is 11.3. The largest absolute Gasteiger partial charge is 0.497 e. The molecule has 26 heavy (non-hydrogen) atoms. The van der Waals surface area contributed by atoms with Gasteiger partial charge in [0, 0.05) is 0 Å².